The molecule has 0 aliphatic heterocycles. The lowest BCUT2D eigenvalue weighted by Gasteiger charge is -2.18. The minimum absolute atomic E-state index is 0.160. The van der Waals surface area contributed by atoms with Gasteiger partial charge in [-0.25, -0.2) is 0 Å². The predicted molar refractivity (Wildman–Crippen MR) is 208 cm³/mol. The first-order chi connectivity index (χ1) is 26.4. The number of hydrogen-bond donors (Lipinski definition) is 0. The largest absolute Gasteiger partial charge is 0.455 e. The summed E-state index contributed by atoms with van der Waals surface area (Å²) in [5, 5.41) is 6.25. The third-order valence-corrected chi connectivity index (χ3v) is 9.64. The number of furan rings is 1. The van der Waals surface area contributed by atoms with Gasteiger partial charge in [-0.1, -0.05) is 158 Å². The Bertz CT molecular complexity index is 3090. The van der Waals surface area contributed by atoms with Gasteiger partial charge < -0.3 is 4.42 Å². The van der Waals surface area contributed by atoms with Gasteiger partial charge >= 0.3 is 0 Å². The fraction of sp³-hybridized carbons (Fsp3) is 0. The molecule has 1 aromatic heterocycles. The second-order valence-corrected chi connectivity index (χ2v) is 12.4. The van der Waals surface area contributed by atoms with E-state index in [4.69, 9.17) is 9.90 Å². The predicted octanol–water partition coefficient (Wildman–Crippen LogP) is 13.7. The fourth-order valence-electron chi connectivity index (χ4n) is 7.47. The lowest BCUT2D eigenvalue weighted by Crippen LogP contribution is -1.91. The summed E-state index contributed by atoms with van der Waals surface area (Å²) in [6.45, 7) is 0. The van der Waals surface area contributed by atoms with E-state index in [0.29, 0.717) is 27.5 Å². The number of benzene rings is 9. The molecule has 10 rings (SSSR count). The quantitative estimate of drug-likeness (QED) is 0.177. The van der Waals surface area contributed by atoms with E-state index in [2.05, 4.69) is 103 Å². The minimum atomic E-state index is -0.337. The normalized spacial score (nSPS) is 13.1. The zero-order chi connectivity index (χ0) is 36.7. The highest BCUT2D eigenvalue weighted by Gasteiger charge is 2.19. The number of rotatable bonds is 4. The molecule has 10 aromatic rings. The van der Waals surface area contributed by atoms with Crippen molar-refractivity contribution in [1.29, 1.82) is 0 Å². The smallest absolute Gasteiger partial charge is 0.143 e. The molecule has 1 heterocycles. The van der Waals surface area contributed by atoms with Crippen molar-refractivity contribution in [2.24, 2.45) is 0 Å². The van der Waals surface area contributed by atoms with E-state index >= 15 is 0 Å². The lowest BCUT2D eigenvalue weighted by atomic mass is 9.85. The molecule has 0 N–H and O–H groups in total. The first kappa shape index (κ1) is 23.0. The van der Waals surface area contributed by atoms with Crippen molar-refractivity contribution in [3.05, 3.63) is 182 Å². The third kappa shape index (κ3) is 4.40. The van der Waals surface area contributed by atoms with Gasteiger partial charge in [-0.05, 0) is 95.7 Å². The Morgan fingerprint density at radius 2 is 0.898 bits per heavy atom. The molecule has 0 saturated heterocycles. The van der Waals surface area contributed by atoms with Crippen molar-refractivity contribution in [3.63, 3.8) is 0 Å². The second kappa shape index (κ2) is 11.1. The molecular formula is C48H30O. The topological polar surface area (TPSA) is 13.1 Å². The van der Waals surface area contributed by atoms with Gasteiger partial charge in [0.2, 0.25) is 0 Å². The molecule has 0 unspecified atom stereocenters. The van der Waals surface area contributed by atoms with Crippen molar-refractivity contribution in [3.8, 4) is 44.5 Å². The van der Waals surface area contributed by atoms with Crippen LogP contribution < -0.4 is 0 Å². The summed E-state index contributed by atoms with van der Waals surface area (Å²) in [5.41, 5.74) is 8.63. The highest BCUT2D eigenvalue weighted by molar-refractivity contribution is 6.23. The van der Waals surface area contributed by atoms with E-state index in [1.54, 1.807) is 0 Å². The Labute approximate surface area is 291 Å². The van der Waals surface area contributed by atoms with Gasteiger partial charge in [0.1, 0.15) is 11.2 Å². The first-order valence-corrected chi connectivity index (χ1v) is 16.4. The summed E-state index contributed by atoms with van der Waals surface area (Å²) in [7, 11) is 0. The molecule has 9 aromatic carbocycles. The zero-order valence-electron chi connectivity index (χ0n) is 31.3. The average molecular weight is 628 g/mol. The SMILES string of the molecule is [2H]c1c([2H])c([2H])c2c(c1[2H])c(-c1ccccc1)c([2H])c1c3cc(-c4c5ccccc5c(-c5cccc(-c6ccccc6)c5)c5ccccc45)ccc3oc21. The molecule has 0 atom stereocenters. The van der Waals surface area contributed by atoms with Crippen molar-refractivity contribution in [1.82, 2.24) is 0 Å². The van der Waals surface area contributed by atoms with Crippen LogP contribution in [0.4, 0.5) is 0 Å². The summed E-state index contributed by atoms with van der Waals surface area (Å²) in [6, 6.07) is 50.8. The monoisotopic (exact) mass is 627 g/mol. The first-order valence-electron chi connectivity index (χ1n) is 18.9. The van der Waals surface area contributed by atoms with Gasteiger partial charge in [0, 0.05) is 16.2 Å². The van der Waals surface area contributed by atoms with Crippen LogP contribution in [-0.2, 0) is 0 Å². The Kier molecular flexibility index (Phi) is 5.20. The molecule has 228 valence electrons. The van der Waals surface area contributed by atoms with Gasteiger partial charge in [-0.2, -0.15) is 0 Å². The van der Waals surface area contributed by atoms with E-state index in [1.165, 1.54) is 5.56 Å². The van der Waals surface area contributed by atoms with Crippen molar-refractivity contribution >= 4 is 54.3 Å². The van der Waals surface area contributed by atoms with Crippen LogP contribution in [0.3, 0.4) is 0 Å². The van der Waals surface area contributed by atoms with Gasteiger partial charge in [0.15, 0.2) is 0 Å². The standard InChI is InChI=1S/C48H30O/c1-3-14-31(15-4-1)33-18-13-19-34(28-33)46-37-21-8-10-23-39(37)47(40-24-11-9-22-38(40)46)35-26-27-45-43(29-35)44-30-42(32-16-5-2-6-17-32)36-20-7-12-25-41(36)48(44)49-45/h1-30H/i7D,12D,20D,25D,30D. The average Bonchev–Trinajstić information content (AvgIpc) is 3.61. The molecule has 1 heteroatoms. The van der Waals surface area contributed by atoms with Crippen LogP contribution in [0.25, 0.3) is 98.8 Å². The molecule has 0 bridgehead atoms. The van der Waals surface area contributed by atoms with E-state index in [0.717, 1.165) is 49.4 Å². The molecule has 0 fully saturated rings. The second-order valence-electron chi connectivity index (χ2n) is 12.4. The zero-order valence-corrected chi connectivity index (χ0v) is 26.3. The number of hydrogen-bond acceptors (Lipinski definition) is 1. The number of fused-ring (bicyclic) bond motifs is 7. The molecule has 0 aliphatic carbocycles. The lowest BCUT2D eigenvalue weighted by molar-refractivity contribution is 0.673. The van der Waals surface area contributed by atoms with Crippen LogP contribution in [0.15, 0.2) is 186 Å². The van der Waals surface area contributed by atoms with E-state index in [1.807, 2.05) is 48.5 Å². The highest BCUT2D eigenvalue weighted by atomic mass is 16.3. The maximum atomic E-state index is 9.68. The summed E-state index contributed by atoms with van der Waals surface area (Å²) < 4.78 is 51.2. The summed E-state index contributed by atoms with van der Waals surface area (Å²) in [6.07, 6.45) is 0. The van der Waals surface area contributed by atoms with Gasteiger partial charge in [0.05, 0.1) is 6.85 Å². The third-order valence-electron chi connectivity index (χ3n) is 9.64. The van der Waals surface area contributed by atoms with Crippen molar-refractivity contribution in [2.45, 2.75) is 0 Å². The van der Waals surface area contributed by atoms with Crippen LogP contribution in [0.5, 0.6) is 0 Å². The Balaban J connectivity index is 1.29. The molecule has 0 aliphatic rings. The maximum absolute atomic E-state index is 9.68. The molecule has 0 radical (unpaired) electrons. The van der Waals surface area contributed by atoms with Crippen LogP contribution >= 0.6 is 0 Å². The molecule has 49 heavy (non-hydrogen) atoms. The van der Waals surface area contributed by atoms with Crippen LogP contribution in [0.1, 0.15) is 6.85 Å². The van der Waals surface area contributed by atoms with Gasteiger partial charge in [-0.3, -0.25) is 0 Å². The van der Waals surface area contributed by atoms with Crippen LogP contribution in [0, 0.1) is 0 Å². The summed E-state index contributed by atoms with van der Waals surface area (Å²) in [5.74, 6) is 0. The Morgan fingerprint density at radius 3 is 1.55 bits per heavy atom. The van der Waals surface area contributed by atoms with E-state index in [-0.39, 0.29) is 46.6 Å². The van der Waals surface area contributed by atoms with Crippen molar-refractivity contribution < 1.29 is 11.3 Å². The van der Waals surface area contributed by atoms with Gasteiger partial charge in [-0.15, -0.1) is 0 Å². The summed E-state index contributed by atoms with van der Waals surface area (Å²) in [4.78, 5) is 0. The molecule has 0 saturated carbocycles. The highest BCUT2D eigenvalue weighted by Crippen LogP contribution is 2.46. The summed E-state index contributed by atoms with van der Waals surface area (Å²) >= 11 is 0. The fourth-order valence-corrected chi connectivity index (χ4v) is 7.47. The molecule has 0 spiro atoms. The van der Waals surface area contributed by atoms with Crippen LogP contribution in [-0.4, -0.2) is 0 Å². The maximum Gasteiger partial charge on any atom is 0.143 e. The molecule has 0 amide bonds. The molecule has 1 nitrogen and oxygen atoms in total. The van der Waals surface area contributed by atoms with E-state index in [9.17, 15) is 1.37 Å². The Hall–Kier alpha value is -6.44. The van der Waals surface area contributed by atoms with Gasteiger partial charge in [0.25, 0.3) is 0 Å². The van der Waals surface area contributed by atoms with Crippen molar-refractivity contribution in [2.75, 3.05) is 0 Å². The minimum Gasteiger partial charge on any atom is -0.455 e. The van der Waals surface area contributed by atoms with E-state index < -0.39 is 0 Å². The Morgan fingerprint density at radius 1 is 0.367 bits per heavy atom. The van der Waals surface area contributed by atoms with Crippen LogP contribution in [0.2, 0.25) is 0 Å². The molecular weight excluding hydrogens is 593 g/mol.